The van der Waals surface area contributed by atoms with Crippen molar-refractivity contribution in [2.75, 3.05) is 19.0 Å². The fourth-order valence-corrected chi connectivity index (χ4v) is 4.77. The number of carboxylic acids is 1. The smallest absolute Gasteiger partial charge is 0.413 e. The molecule has 0 spiro atoms. The Balaban J connectivity index is 1.32. The van der Waals surface area contributed by atoms with Crippen LogP contribution in [0.25, 0.3) is 11.1 Å². The summed E-state index contributed by atoms with van der Waals surface area (Å²) in [6.07, 6.45) is -1.47. The van der Waals surface area contributed by atoms with E-state index >= 15 is 0 Å². The molecule has 0 aliphatic heterocycles. The number of thiazole rings is 1. The highest BCUT2D eigenvalue weighted by Crippen LogP contribution is 2.44. The summed E-state index contributed by atoms with van der Waals surface area (Å²) in [6.45, 7) is 1.73. The minimum absolute atomic E-state index is 0.0552. The monoisotopic (exact) mass is 495 g/mol. The molecular weight excluding hydrogens is 470 g/mol. The average molecular weight is 496 g/mol. The van der Waals surface area contributed by atoms with E-state index in [1.807, 2.05) is 36.4 Å². The molecule has 2 amide bonds. The lowest BCUT2D eigenvalue weighted by Crippen LogP contribution is -2.48. The molecule has 2 atom stereocenters. The maximum absolute atomic E-state index is 12.4. The predicted molar refractivity (Wildman–Crippen MR) is 131 cm³/mol. The van der Waals surface area contributed by atoms with Crippen LogP contribution in [0.1, 0.15) is 29.7 Å². The van der Waals surface area contributed by atoms with Crippen molar-refractivity contribution in [3.63, 3.8) is 0 Å². The largest absolute Gasteiger partial charge is 0.480 e. The molecule has 0 saturated carbocycles. The number of amides is 2. The van der Waals surface area contributed by atoms with Gasteiger partial charge in [0.1, 0.15) is 6.61 Å². The third-order valence-corrected chi connectivity index (χ3v) is 6.68. The van der Waals surface area contributed by atoms with E-state index in [1.165, 1.54) is 7.11 Å². The highest BCUT2D eigenvalue weighted by Gasteiger charge is 2.29. The first-order valence-electron chi connectivity index (χ1n) is 11.0. The zero-order chi connectivity index (χ0) is 24.9. The number of carboxylic acid groups (broad SMARTS) is 1. The van der Waals surface area contributed by atoms with Gasteiger partial charge in [0.15, 0.2) is 11.2 Å². The standard InChI is InChI=1S/C25H25N3O6S/c1-14(33-2)22(23(30)31)27-21(29)11-15-13-35-24(26-15)28-25(32)34-12-20-18-9-5-3-7-16(18)17-8-4-6-10-19(17)20/h3-10,13-14,20,22H,11-12H2,1-2H3,(H,27,29)(H,30,31)(H,26,28,32)/t14-,22+/m1/s1. The van der Waals surface area contributed by atoms with Crippen LogP contribution in [0.3, 0.4) is 0 Å². The van der Waals surface area contributed by atoms with Gasteiger partial charge in [-0.15, -0.1) is 11.3 Å². The van der Waals surface area contributed by atoms with Gasteiger partial charge in [-0.25, -0.2) is 14.6 Å². The van der Waals surface area contributed by atoms with Crippen LogP contribution in [0.15, 0.2) is 53.9 Å². The number of hydrogen-bond donors (Lipinski definition) is 3. The number of aliphatic carboxylic acids is 1. The molecule has 2 aromatic carbocycles. The Labute approximate surface area is 206 Å². The minimum atomic E-state index is -1.19. The van der Waals surface area contributed by atoms with Crippen molar-refractivity contribution < 1.29 is 29.0 Å². The van der Waals surface area contributed by atoms with Crippen LogP contribution in [0, 0.1) is 0 Å². The van der Waals surface area contributed by atoms with E-state index in [2.05, 4.69) is 27.8 Å². The molecular formula is C25H25N3O6S. The second-order valence-electron chi connectivity index (χ2n) is 8.10. The zero-order valence-electron chi connectivity index (χ0n) is 19.2. The van der Waals surface area contributed by atoms with Gasteiger partial charge < -0.3 is 19.9 Å². The van der Waals surface area contributed by atoms with E-state index < -0.39 is 30.1 Å². The number of aromatic nitrogens is 1. The van der Waals surface area contributed by atoms with Crippen LogP contribution in [-0.4, -0.2) is 53.9 Å². The Morgan fingerprint density at radius 3 is 2.31 bits per heavy atom. The maximum Gasteiger partial charge on any atom is 0.413 e. The highest BCUT2D eigenvalue weighted by atomic mass is 32.1. The number of nitrogens with one attached hydrogen (secondary N) is 2. The van der Waals surface area contributed by atoms with Crippen molar-refractivity contribution in [1.29, 1.82) is 0 Å². The number of fused-ring (bicyclic) bond motifs is 3. The lowest BCUT2D eigenvalue weighted by Gasteiger charge is -2.19. The number of carbonyl (C=O) groups excluding carboxylic acids is 2. The molecule has 4 rings (SSSR count). The predicted octanol–water partition coefficient (Wildman–Crippen LogP) is 3.65. The summed E-state index contributed by atoms with van der Waals surface area (Å²) in [4.78, 5) is 40.2. The first-order chi connectivity index (χ1) is 16.9. The quantitative estimate of drug-likeness (QED) is 0.414. The number of nitrogens with zero attached hydrogens (tertiary/aromatic N) is 1. The fourth-order valence-electron chi connectivity index (χ4n) is 4.07. The van der Waals surface area contributed by atoms with Crippen molar-refractivity contribution in [2.45, 2.75) is 31.4 Å². The van der Waals surface area contributed by atoms with Gasteiger partial charge >= 0.3 is 12.1 Å². The van der Waals surface area contributed by atoms with Crippen LogP contribution in [0.5, 0.6) is 0 Å². The van der Waals surface area contributed by atoms with Gasteiger partial charge in [-0.2, -0.15) is 0 Å². The van der Waals surface area contributed by atoms with E-state index in [-0.39, 0.29) is 24.1 Å². The molecule has 3 N–H and O–H groups in total. The Morgan fingerprint density at radius 2 is 1.71 bits per heavy atom. The normalized spacial score (nSPS) is 13.9. The van der Waals surface area contributed by atoms with Gasteiger partial charge in [0.2, 0.25) is 5.91 Å². The Bertz CT molecular complexity index is 1200. The summed E-state index contributed by atoms with van der Waals surface area (Å²) in [6, 6.07) is 15.0. The van der Waals surface area contributed by atoms with Gasteiger partial charge in [0.05, 0.1) is 18.2 Å². The minimum Gasteiger partial charge on any atom is -0.480 e. The van der Waals surface area contributed by atoms with Crippen molar-refractivity contribution in [3.05, 3.63) is 70.7 Å². The zero-order valence-corrected chi connectivity index (χ0v) is 20.0. The van der Waals surface area contributed by atoms with Crippen LogP contribution in [0.4, 0.5) is 9.93 Å². The summed E-state index contributed by atoms with van der Waals surface area (Å²) in [5.74, 6) is -1.76. The van der Waals surface area contributed by atoms with E-state index in [1.54, 1.807) is 12.3 Å². The molecule has 10 heteroatoms. The van der Waals surface area contributed by atoms with Crippen LogP contribution in [0.2, 0.25) is 0 Å². The molecule has 3 aromatic rings. The topological polar surface area (TPSA) is 127 Å². The molecule has 0 bridgehead atoms. The average Bonchev–Trinajstić information content (AvgIpc) is 3.42. The van der Waals surface area contributed by atoms with Crippen molar-refractivity contribution in [1.82, 2.24) is 10.3 Å². The number of benzene rings is 2. The van der Waals surface area contributed by atoms with Gasteiger partial charge in [-0.3, -0.25) is 10.1 Å². The summed E-state index contributed by atoms with van der Waals surface area (Å²) in [5, 5.41) is 16.2. The molecule has 182 valence electrons. The Morgan fingerprint density at radius 1 is 1.09 bits per heavy atom. The van der Waals surface area contributed by atoms with Crippen LogP contribution >= 0.6 is 11.3 Å². The van der Waals surface area contributed by atoms with Crippen molar-refractivity contribution >= 4 is 34.4 Å². The molecule has 0 unspecified atom stereocenters. The molecule has 1 aromatic heterocycles. The van der Waals surface area contributed by atoms with E-state index in [0.717, 1.165) is 33.6 Å². The second kappa shape index (κ2) is 10.7. The molecule has 9 nitrogen and oxygen atoms in total. The fraction of sp³-hybridized carbons (Fsp3) is 0.280. The van der Waals surface area contributed by atoms with Gasteiger partial charge in [0, 0.05) is 18.4 Å². The molecule has 1 aliphatic rings. The number of anilines is 1. The second-order valence-corrected chi connectivity index (χ2v) is 8.95. The number of rotatable bonds is 9. The summed E-state index contributed by atoms with van der Waals surface area (Å²) >= 11 is 1.15. The third kappa shape index (κ3) is 5.50. The van der Waals surface area contributed by atoms with Gasteiger partial charge in [-0.1, -0.05) is 48.5 Å². The molecule has 1 aliphatic carbocycles. The SMILES string of the molecule is CO[C@H](C)[C@H](NC(=O)Cc1csc(NC(=O)OCC2c3ccccc3-c3ccccc32)n1)C(=O)O. The summed E-state index contributed by atoms with van der Waals surface area (Å²) in [5.41, 5.74) is 4.92. The molecule has 35 heavy (non-hydrogen) atoms. The van der Waals surface area contributed by atoms with E-state index in [9.17, 15) is 19.5 Å². The summed E-state index contributed by atoms with van der Waals surface area (Å²) in [7, 11) is 1.37. The lowest BCUT2D eigenvalue weighted by atomic mass is 9.98. The molecule has 0 radical (unpaired) electrons. The van der Waals surface area contributed by atoms with E-state index in [0.29, 0.717) is 5.69 Å². The van der Waals surface area contributed by atoms with Crippen molar-refractivity contribution in [3.8, 4) is 11.1 Å². The Kier molecular flexibility index (Phi) is 7.42. The van der Waals surface area contributed by atoms with Crippen LogP contribution in [-0.2, 0) is 25.5 Å². The summed E-state index contributed by atoms with van der Waals surface area (Å²) < 4.78 is 10.5. The molecule has 0 fully saturated rings. The van der Waals surface area contributed by atoms with E-state index in [4.69, 9.17) is 9.47 Å². The first kappa shape index (κ1) is 24.4. The Hall–Kier alpha value is -3.76. The number of methoxy groups -OCH3 is 1. The molecule has 1 heterocycles. The third-order valence-electron chi connectivity index (χ3n) is 5.87. The van der Waals surface area contributed by atoms with Crippen LogP contribution < -0.4 is 10.6 Å². The van der Waals surface area contributed by atoms with Crippen molar-refractivity contribution in [2.24, 2.45) is 0 Å². The number of carbonyl (C=O) groups is 3. The molecule has 0 saturated heterocycles. The number of ether oxygens (including phenoxy) is 2. The first-order valence-corrected chi connectivity index (χ1v) is 11.9. The van der Waals surface area contributed by atoms with Gasteiger partial charge in [-0.05, 0) is 29.2 Å². The number of hydrogen-bond acceptors (Lipinski definition) is 7. The van der Waals surface area contributed by atoms with Gasteiger partial charge in [0.25, 0.3) is 0 Å². The maximum atomic E-state index is 12.4. The highest BCUT2D eigenvalue weighted by molar-refractivity contribution is 7.13. The lowest BCUT2D eigenvalue weighted by molar-refractivity contribution is -0.145.